The zero-order valence-electron chi connectivity index (χ0n) is 18.0. The molecule has 1 amide bonds. The van der Waals surface area contributed by atoms with E-state index in [9.17, 15) is 26.4 Å². The molecular weight excluding hydrogens is 469 g/mol. The Bertz CT molecular complexity index is 1380. The van der Waals surface area contributed by atoms with Crippen LogP contribution in [0, 0.1) is 0 Å². The molecule has 1 saturated heterocycles. The Morgan fingerprint density at radius 1 is 1.03 bits per heavy atom. The van der Waals surface area contributed by atoms with Crippen molar-refractivity contribution < 1.29 is 26.4 Å². The zero-order valence-corrected chi connectivity index (χ0v) is 18.8. The average molecular weight is 491 g/mol. The molecule has 2 aromatic heterocycles. The minimum absolute atomic E-state index is 0.0902. The van der Waals surface area contributed by atoms with Crippen molar-refractivity contribution in [2.24, 2.45) is 0 Å². The van der Waals surface area contributed by atoms with Gasteiger partial charge in [-0.2, -0.15) is 13.2 Å². The van der Waals surface area contributed by atoms with Gasteiger partial charge in [-0.1, -0.05) is 12.1 Å². The number of halogens is 3. The van der Waals surface area contributed by atoms with Crippen molar-refractivity contribution in [2.45, 2.75) is 42.2 Å². The summed E-state index contributed by atoms with van der Waals surface area (Å²) in [6.07, 6.45) is -0.843. The molecule has 7 nitrogen and oxygen atoms in total. The van der Waals surface area contributed by atoms with Gasteiger partial charge in [0.15, 0.2) is 0 Å². The SMILES string of the molecule is O=C(NS(=O)(=O)c1cccc2ncccc12)C1(c2ccc(C(F)(F)F)nc2N2CCCC2)CC1. The number of hydrogen-bond acceptors (Lipinski definition) is 6. The summed E-state index contributed by atoms with van der Waals surface area (Å²) in [5, 5.41) is 0.365. The van der Waals surface area contributed by atoms with Crippen molar-refractivity contribution in [1.29, 1.82) is 0 Å². The molecule has 3 heterocycles. The molecule has 5 rings (SSSR count). The van der Waals surface area contributed by atoms with E-state index in [4.69, 9.17) is 0 Å². The molecule has 0 radical (unpaired) electrons. The number of alkyl halides is 3. The molecule has 1 N–H and O–H groups in total. The smallest absolute Gasteiger partial charge is 0.356 e. The largest absolute Gasteiger partial charge is 0.433 e. The highest BCUT2D eigenvalue weighted by molar-refractivity contribution is 7.90. The normalized spacial score (nSPS) is 17.7. The van der Waals surface area contributed by atoms with Crippen LogP contribution in [-0.2, 0) is 26.4 Å². The quantitative estimate of drug-likeness (QED) is 0.585. The number of sulfonamides is 1. The predicted octanol–water partition coefficient (Wildman–Crippen LogP) is 3.79. The van der Waals surface area contributed by atoms with Crippen molar-refractivity contribution in [2.75, 3.05) is 18.0 Å². The molecule has 34 heavy (non-hydrogen) atoms. The van der Waals surface area contributed by atoms with Crippen LogP contribution in [0.2, 0.25) is 0 Å². The first-order chi connectivity index (χ1) is 16.1. The first-order valence-electron chi connectivity index (χ1n) is 10.9. The first-order valence-corrected chi connectivity index (χ1v) is 12.3. The van der Waals surface area contributed by atoms with Crippen molar-refractivity contribution in [3.63, 3.8) is 0 Å². The second-order valence-corrected chi connectivity index (χ2v) is 10.3. The summed E-state index contributed by atoms with van der Waals surface area (Å²) in [7, 11) is -4.25. The van der Waals surface area contributed by atoms with Gasteiger partial charge in [-0.3, -0.25) is 9.78 Å². The van der Waals surface area contributed by atoms with Gasteiger partial charge in [-0.25, -0.2) is 18.1 Å². The Morgan fingerprint density at radius 2 is 1.76 bits per heavy atom. The van der Waals surface area contributed by atoms with Crippen LogP contribution in [0.25, 0.3) is 10.9 Å². The molecule has 1 aliphatic carbocycles. The number of benzene rings is 1. The van der Waals surface area contributed by atoms with E-state index in [0.717, 1.165) is 18.9 Å². The fraction of sp³-hybridized carbons (Fsp3) is 0.348. The van der Waals surface area contributed by atoms with E-state index >= 15 is 0 Å². The van der Waals surface area contributed by atoms with Crippen molar-refractivity contribution in [1.82, 2.24) is 14.7 Å². The molecule has 1 aliphatic heterocycles. The molecular formula is C23H21F3N4O3S. The highest BCUT2D eigenvalue weighted by Crippen LogP contribution is 2.52. The van der Waals surface area contributed by atoms with Crippen LogP contribution in [0.4, 0.5) is 19.0 Å². The maximum atomic E-state index is 13.4. The van der Waals surface area contributed by atoms with Crippen LogP contribution in [0.5, 0.6) is 0 Å². The summed E-state index contributed by atoms with van der Waals surface area (Å²) >= 11 is 0. The maximum Gasteiger partial charge on any atom is 0.433 e. The number of rotatable bonds is 5. The van der Waals surface area contributed by atoms with Crippen LogP contribution in [-0.4, -0.2) is 37.4 Å². The Labute approximate surface area is 194 Å². The molecule has 2 aliphatic rings. The number of fused-ring (bicyclic) bond motifs is 1. The van der Waals surface area contributed by atoms with Crippen LogP contribution in [0.1, 0.15) is 36.9 Å². The van der Waals surface area contributed by atoms with Gasteiger partial charge in [-0.15, -0.1) is 0 Å². The van der Waals surface area contributed by atoms with Gasteiger partial charge >= 0.3 is 6.18 Å². The lowest BCUT2D eigenvalue weighted by Gasteiger charge is -2.25. The van der Waals surface area contributed by atoms with E-state index in [0.29, 0.717) is 42.4 Å². The van der Waals surface area contributed by atoms with E-state index in [1.165, 1.54) is 24.4 Å². The fourth-order valence-electron chi connectivity index (χ4n) is 4.48. The number of carbonyl (C=O) groups is 1. The summed E-state index contributed by atoms with van der Waals surface area (Å²) in [5.74, 6) is -0.665. The molecule has 0 atom stereocenters. The third kappa shape index (κ3) is 3.87. The molecule has 2 fully saturated rings. The molecule has 3 aromatic rings. The number of amides is 1. The van der Waals surface area contributed by atoms with Gasteiger partial charge in [0.1, 0.15) is 11.5 Å². The fourth-order valence-corrected chi connectivity index (χ4v) is 5.75. The number of pyridine rings is 2. The number of anilines is 1. The van der Waals surface area contributed by atoms with Gasteiger partial charge in [0, 0.05) is 30.2 Å². The monoisotopic (exact) mass is 490 g/mol. The number of aromatic nitrogens is 2. The van der Waals surface area contributed by atoms with E-state index in [1.807, 2.05) is 0 Å². The maximum absolute atomic E-state index is 13.4. The zero-order chi connectivity index (χ0) is 24.1. The highest BCUT2D eigenvalue weighted by Gasteiger charge is 2.55. The molecule has 0 unspecified atom stereocenters. The van der Waals surface area contributed by atoms with Crippen LogP contribution in [0.3, 0.4) is 0 Å². The first kappa shape index (κ1) is 22.6. The Balaban J connectivity index is 1.51. The van der Waals surface area contributed by atoms with E-state index in [2.05, 4.69) is 14.7 Å². The summed E-state index contributed by atoms with van der Waals surface area (Å²) in [6, 6.07) is 9.90. The number of nitrogens with zero attached hydrogens (tertiary/aromatic N) is 3. The summed E-state index contributed by atoms with van der Waals surface area (Å²) in [4.78, 5) is 23.0. The van der Waals surface area contributed by atoms with Gasteiger partial charge < -0.3 is 4.90 Å². The van der Waals surface area contributed by atoms with Crippen molar-refractivity contribution in [3.8, 4) is 0 Å². The van der Waals surface area contributed by atoms with Crippen LogP contribution >= 0.6 is 0 Å². The molecule has 1 aromatic carbocycles. The van der Waals surface area contributed by atoms with Gasteiger partial charge in [0.25, 0.3) is 10.0 Å². The Hall–Kier alpha value is -3.21. The standard InChI is InChI=1S/C23H21F3N4O3S/c24-23(25,26)19-9-8-16(20(28-19)30-13-1-2-14-30)22(10-11-22)21(31)29-34(32,33)18-7-3-6-17-15(18)5-4-12-27-17/h3-9,12H,1-2,10-11,13-14H2,(H,29,31). The lowest BCUT2D eigenvalue weighted by atomic mass is 9.95. The van der Waals surface area contributed by atoms with E-state index in [-0.39, 0.29) is 10.7 Å². The third-order valence-corrected chi connectivity index (χ3v) is 7.78. The average Bonchev–Trinajstić information content (AvgIpc) is 3.43. The van der Waals surface area contributed by atoms with Crippen LogP contribution in [0.15, 0.2) is 53.6 Å². The van der Waals surface area contributed by atoms with Crippen molar-refractivity contribution >= 4 is 32.7 Å². The molecule has 178 valence electrons. The molecule has 1 saturated carbocycles. The third-order valence-electron chi connectivity index (χ3n) is 6.39. The van der Waals surface area contributed by atoms with E-state index in [1.54, 1.807) is 23.1 Å². The number of hydrogen-bond donors (Lipinski definition) is 1. The van der Waals surface area contributed by atoms with Gasteiger partial charge in [0.2, 0.25) is 5.91 Å². The Morgan fingerprint density at radius 3 is 2.44 bits per heavy atom. The predicted molar refractivity (Wildman–Crippen MR) is 119 cm³/mol. The topological polar surface area (TPSA) is 92.3 Å². The summed E-state index contributed by atoms with van der Waals surface area (Å²) in [6.45, 7) is 1.06. The Kier molecular flexibility index (Phi) is 5.27. The minimum atomic E-state index is -4.63. The summed E-state index contributed by atoms with van der Waals surface area (Å²) < 4.78 is 68.5. The highest BCUT2D eigenvalue weighted by atomic mass is 32.2. The second kappa shape index (κ2) is 7.93. The lowest BCUT2D eigenvalue weighted by Crippen LogP contribution is -2.40. The van der Waals surface area contributed by atoms with Crippen molar-refractivity contribution in [3.05, 3.63) is 59.9 Å². The summed E-state index contributed by atoms with van der Waals surface area (Å²) in [5.41, 5.74) is -1.49. The van der Waals surface area contributed by atoms with Gasteiger partial charge in [0.05, 0.1) is 15.8 Å². The van der Waals surface area contributed by atoms with E-state index < -0.39 is 33.2 Å². The second-order valence-electron chi connectivity index (χ2n) is 8.60. The number of nitrogens with one attached hydrogen (secondary N) is 1. The minimum Gasteiger partial charge on any atom is -0.356 e. The van der Waals surface area contributed by atoms with Gasteiger partial charge in [-0.05, 0) is 56.0 Å². The number of carbonyl (C=O) groups excluding carboxylic acids is 1. The molecule has 11 heteroatoms. The molecule has 0 bridgehead atoms. The van der Waals surface area contributed by atoms with Crippen LogP contribution < -0.4 is 9.62 Å². The molecule has 0 spiro atoms. The lowest BCUT2D eigenvalue weighted by molar-refractivity contribution is -0.141.